The lowest BCUT2D eigenvalue weighted by Gasteiger charge is -2.73. The Balaban J connectivity index is 1.53. The largest absolute Gasteiger partial charge is 0.393 e. The van der Waals surface area contributed by atoms with E-state index in [4.69, 9.17) is 0 Å². The zero-order valence-corrected chi connectivity index (χ0v) is 21.8. The molecular weight excluding hydrogens is 392 g/mol. The number of hydrogen-bond acceptors (Lipinski definition) is 2. The van der Waals surface area contributed by atoms with Crippen LogP contribution >= 0.6 is 0 Å². The van der Waals surface area contributed by atoms with E-state index in [1.165, 1.54) is 57.8 Å². The molecular formula is C30H50O2. The molecule has 6 unspecified atom stereocenters. The molecule has 2 heteroatoms. The van der Waals surface area contributed by atoms with E-state index < -0.39 is 0 Å². The monoisotopic (exact) mass is 442 g/mol. The third kappa shape index (κ3) is 2.72. The Bertz CT molecular complexity index is 786. The highest BCUT2D eigenvalue weighted by molar-refractivity contribution is 5.21. The minimum atomic E-state index is -0.143. The molecule has 5 saturated carbocycles. The lowest BCUT2D eigenvalue weighted by Crippen LogP contribution is -2.66. The quantitative estimate of drug-likeness (QED) is 0.452. The maximum atomic E-state index is 10.9. The van der Waals surface area contributed by atoms with Crippen LogP contribution in [0.3, 0.4) is 0 Å². The second-order valence-corrected chi connectivity index (χ2v) is 14.7. The fourth-order valence-corrected chi connectivity index (χ4v) is 11.5. The van der Waals surface area contributed by atoms with Crippen molar-refractivity contribution in [2.45, 2.75) is 112 Å². The van der Waals surface area contributed by atoms with Crippen LogP contribution in [0.2, 0.25) is 0 Å². The normalized spacial score (nSPS) is 56.5. The van der Waals surface area contributed by atoms with E-state index in [9.17, 15) is 10.2 Å². The summed E-state index contributed by atoms with van der Waals surface area (Å²) in [4.78, 5) is 0. The van der Waals surface area contributed by atoms with Crippen LogP contribution in [0.15, 0.2) is 12.2 Å². The molecule has 0 spiro atoms. The molecule has 5 fully saturated rings. The molecule has 0 aromatic carbocycles. The van der Waals surface area contributed by atoms with Crippen molar-refractivity contribution in [2.24, 2.45) is 56.7 Å². The summed E-state index contributed by atoms with van der Waals surface area (Å²) in [7, 11) is 0. The summed E-state index contributed by atoms with van der Waals surface area (Å²) in [6.07, 6.45) is 12.7. The highest BCUT2D eigenvalue weighted by Gasteiger charge is 2.70. The van der Waals surface area contributed by atoms with Gasteiger partial charge in [0.25, 0.3) is 0 Å². The van der Waals surface area contributed by atoms with Crippen LogP contribution in [0.4, 0.5) is 0 Å². The topological polar surface area (TPSA) is 40.5 Å². The van der Waals surface area contributed by atoms with Gasteiger partial charge in [-0.3, -0.25) is 0 Å². The first-order valence-corrected chi connectivity index (χ1v) is 13.8. The zero-order chi connectivity index (χ0) is 23.3. The van der Waals surface area contributed by atoms with Crippen molar-refractivity contribution < 1.29 is 10.2 Å². The minimum absolute atomic E-state index is 0.0344. The average molecular weight is 443 g/mol. The summed E-state index contributed by atoms with van der Waals surface area (Å²) in [6, 6.07) is 0. The Labute approximate surface area is 197 Å². The maximum Gasteiger partial charge on any atom is 0.0641 e. The van der Waals surface area contributed by atoms with Crippen molar-refractivity contribution in [3.8, 4) is 0 Å². The SMILES string of the molecule is C=C(CO)C1CC[C@]2(C)CC[C@]3(C)C(CCC4[C@@]5(C)CCC(O)C(C)(C)C5CC[C@]43C)C12. The van der Waals surface area contributed by atoms with E-state index in [1.807, 2.05) is 0 Å². The summed E-state index contributed by atoms with van der Waals surface area (Å²) < 4.78 is 0. The van der Waals surface area contributed by atoms with Gasteiger partial charge in [0.1, 0.15) is 0 Å². The molecule has 2 N–H and O–H groups in total. The van der Waals surface area contributed by atoms with Gasteiger partial charge in [-0.05, 0) is 126 Å². The van der Waals surface area contributed by atoms with Crippen molar-refractivity contribution in [2.75, 3.05) is 6.61 Å². The van der Waals surface area contributed by atoms with Crippen molar-refractivity contribution in [1.82, 2.24) is 0 Å². The first-order valence-electron chi connectivity index (χ1n) is 13.8. The molecule has 2 nitrogen and oxygen atoms in total. The van der Waals surface area contributed by atoms with Gasteiger partial charge in [0, 0.05) is 0 Å². The van der Waals surface area contributed by atoms with E-state index in [0.29, 0.717) is 39.4 Å². The Kier molecular flexibility index (Phi) is 5.19. The third-order valence-corrected chi connectivity index (χ3v) is 13.6. The fourth-order valence-electron chi connectivity index (χ4n) is 11.5. The van der Waals surface area contributed by atoms with Crippen molar-refractivity contribution in [1.29, 1.82) is 0 Å². The van der Waals surface area contributed by atoms with Gasteiger partial charge in [0.05, 0.1) is 12.7 Å². The summed E-state index contributed by atoms with van der Waals surface area (Å²) in [5, 5.41) is 20.9. The second kappa shape index (κ2) is 7.09. The van der Waals surface area contributed by atoms with Crippen LogP contribution in [-0.2, 0) is 0 Å². The molecule has 0 aromatic heterocycles. The lowest BCUT2D eigenvalue weighted by molar-refractivity contribution is -0.246. The summed E-state index contributed by atoms with van der Waals surface area (Å²) >= 11 is 0. The summed E-state index contributed by atoms with van der Waals surface area (Å²) in [5.74, 6) is 3.39. The first kappa shape index (κ1) is 23.4. The van der Waals surface area contributed by atoms with E-state index >= 15 is 0 Å². The predicted octanol–water partition coefficient (Wildman–Crippen LogP) is 7.00. The highest BCUT2D eigenvalue weighted by atomic mass is 16.3. The molecule has 0 bridgehead atoms. The van der Waals surface area contributed by atoms with Gasteiger partial charge in [-0.25, -0.2) is 0 Å². The molecule has 182 valence electrons. The van der Waals surface area contributed by atoms with Crippen LogP contribution in [0.5, 0.6) is 0 Å². The van der Waals surface area contributed by atoms with Crippen LogP contribution in [0, 0.1) is 56.7 Å². The molecule has 0 saturated heterocycles. The van der Waals surface area contributed by atoms with E-state index in [2.05, 4.69) is 48.1 Å². The molecule has 32 heavy (non-hydrogen) atoms. The Hall–Kier alpha value is -0.340. The van der Waals surface area contributed by atoms with Gasteiger partial charge in [0.15, 0.2) is 0 Å². The van der Waals surface area contributed by atoms with E-state index in [1.54, 1.807) is 0 Å². The zero-order valence-electron chi connectivity index (χ0n) is 21.8. The molecule has 0 amide bonds. The maximum absolute atomic E-state index is 10.9. The number of aliphatic hydroxyl groups excluding tert-OH is 2. The van der Waals surface area contributed by atoms with E-state index in [0.717, 1.165) is 23.8 Å². The molecule has 10 atom stereocenters. The average Bonchev–Trinajstić information content (AvgIpc) is 3.09. The van der Waals surface area contributed by atoms with Crippen molar-refractivity contribution in [3.05, 3.63) is 12.2 Å². The van der Waals surface area contributed by atoms with Crippen LogP contribution in [0.1, 0.15) is 106 Å². The molecule has 0 aliphatic heterocycles. The summed E-state index contributed by atoms with van der Waals surface area (Å²) in [6.45, 7) is 19.8. The second-order valence-electron chi connectivity index (χ2n) is 14.7. The highest BCUT2D eigenvalue weighted by Crippen LogP contribution is 2.77. The third-order valence-electron chi connectivity index (χ3n) is 13.6. The smallest absolute Gasteiger partial charge is 0.0641 e. The Morgan fingerprint density at radius 3 is 2.19 bits per heavy atom. The van der Waals surface area contributed by atoms with E-state index in [-0.39, 0.29) is 18.1 Å². The number of aliphatic hydroxyl groups is 2. The standard InChI is InChI=1S/C30H50O2/c1-19(18-31)20-10-13-27(4)16-17-29(6)21(25(20)27)8-9-23-28(5)14-12-24(32)26(2,3)22(28)11-15-30(23,29)7/h20-25,31-32H,1,8-18H2,2-7H3/t20?,21?,22?,23?,24?,25?,27-,28+,29-,30-/m1/s1. The van der Waals surface area contributed by atoms with Gasteiger partial charge in [-0.1, -0.05) is 48.1 Å². The van der Waals surface area contributed by atoms with Crippen LogP contribution < -0.4 is 0 Å². The molecule has 0 radical (unpaired) electrons. The van der Waals surface area contributed by atoms with Crippen LogP contribution in [0.25, 0.3) is 0 Å². The number of rotatable bonds is 2. The van der Waals surface area contributed by atoms with Gasteiger partial charge in [-0.2, -0.15) is 0 Å². The Morgan fingerprint density at radius 2 is 1.50 bits per heavy atom. The lowest BCUT2D eigenvalue weighted by atomic mass is 9.32. The number of hydrogen-bond donors (Lipinski definition) is 2. The number of fused-ring (bicyclic) bond motifs is 7. The van der Waals surface area contributed by atoms with Gasteiger partial charge in [0.2, 0.25) is 0 Å². The Morgan fingerprint density at radius 1 is 0.781 bits per heavy atom. The molecule has 5 rings (SSSR count). The van der Waals surface area contributed by atoms with Gasteiger partial charge < -0.3 is 10.2 Å². The first-order chi connectivity index (χ1) is 14.8. The van der Waals surface area contributed by atoms with Gasteiger partial charge >= 0.3 is 0 Å². The van der Waals surface area contributed by atoms with Crippen molar-refractivity contribution in [3.63, 3.8) is 0 Å². The molecule has 0 aromatic rings. The fraction of sp³-hybridized carbons (Fsp3) is 0.933. The molecule has 5 aliphatic carbocycles. The summed E-state index contributed by atoms with van der Waals surface area (Å²) in [5.41, 5.74) is 2.70. The van der Waals surface area contributed by atoms with Gasteiger partial charge in [-0.15, -0.1) is 0 Å². The van der Waals surface area contributed by atoms with Crippen LogP contribution in [-0.4, -0.2) is 22.9 Å². The minimum Gasteiger partial charge on any atom is -0.393 e. The predicted molar refractivity (Wildman–Crippen MR) is 132 cm³/mol. The molecule has 0 heterocycles. The molecule has 5 aliphatic rings. The van der Waals surface area contributed by atoms with Crippen molar-refractivity contribution >= 4 is 0 Å².